The SMILES string of the molecule is CCCn1cc(CCC(CC(=O)OCC)c2ccc(C)c(CN3C[C@@H](CC)Oc4ccncc4S3(=O)=O)c2)nn1. The van der Waals surface area contributed by atoms with Crippen molar-refractivity contribution in [3.8, 4) is 5.75 Å². The molecule has 11 heteroatoms. The molecule has 0 radical (unpaired) electrons. The summed E-state index contributed by atoms with van der Waals surface area (Å²) in [6, 6.07) is 7.64. The maximum absolute atomic E-state index is 13.7. The second-order valence-corrected chi connectivity index (χ2v) is 12.1. The van der Waals surface area contributed by atoms with Crippen molar-refractivity contribution in [2.45, 2.75) is 89.8 Å². The Labute approximate surface area is 236 Å². The van der Waals surface area contributed by atoms with Gasteiger partial charge in [-0.2, -0.15) is 4.31 Å². The maximum Gasteiger partial charge on any atom is 0.306 e. The zero-order valence-corrected chi connectivity index (χ0v) is 24.6. The summed E-state index contributed by atoms with van der Waals surface area (Å²) in [5.41, 5.74) is 3.70. The van der Waals surface area contributed by atoms with Crippen molar-refractivity contribution in [1.29, 1.82) is 0 Å². The quantitative estimate of drug-likeness (QED) is 0.294. The summed E-state index contributed by atoms with van der Waals surface area (Å²) < 4.78 is 42.0. The third-order valence-corrected chi connectivity index (χ3v) is 9.04. The topological polar surface area (TPSA) is 117 Å². The number of pyridine rings is 1. The van der Waals surface area contributed by atoms with Crippen LogP contribution in [-0.4, -0.2) is 57.9 Å². The van der Waals surface area contributed by atoms with Gasteiger partial charge in [0.05, 0.1) is 31.5 Å². The number of fused-ring (bicyclic) bond motifs is 1. The van der Waals surface area contributed by atoms with Gasteiger partial charge < -0.3 is 9.47 Å². The Hall–Kier alpha value is -3.31. The lowest BCUT2D eigenvalue weighted by molar-refractivity contribution is -0.143. The number of aryl methyl sites for hydroxylation is 3. The van der Waals surface area contributed by atoms with Crippen LogP contribution in [0, 0.1) is 6.92 Å². The fraction of sp³-hybridized carbons (Fsp3) is 0.517. The van der Waals surface area contributed by atoms with E-state index in [1.165, 1.54) is 10.5 Å². The van der Waals surface area contributed by atoms with Gasteiger partial charge in [0.25, 0.3) is 0 Å². The highest BCUT2D eigenvalue weighted by atomic mass is 32.2. The Bertz CT molecular complexity index is 1410. The first-order valence-electron chi connectivity index (χ1n) is 14.0. The standard InChI is InChI=1S/C29H39N5O5S/c1-5-14-33-19-25(31-32-33)11-10-23(16-29(35)38-7-3)22-9-8-21(4)24(15-22)18-34-20-26(6-2)39-27-12-13-30-17-28(27)40(34,36)37/h8-9,12-13,15,17,19,23,26H,5-7,10-11,14,16,18,20H2,1-4H3/t23?,26-/m1/s1. The summed E-state index contributed by atoms with van der Waals surface area (Å²) in [4.78, 5) is 16.7. The van der Waals surface area contributed by atoms with E-state index in [4.69, 9.17) is 9.47 Å². The molecule has 1 unspecified atom stereocenters. The molecule has 0 spiro atoms. The Morgan fingerprint density at radius 2 is 2.05 bits per heavy atom. The molecule has 1 aliphatic rings. The minimum Gasteiger partial charge on any atom is -0.488 e. The molecule has 4 rings (SSSR count). The van der Waals surface area contributed by atoms with Crippen LogP contribution in [0.5, 0.6) is 5.75 Å². The van der Waals surface area contributed by atoms with E-state index >= 15 is 0 Å². The lowest BCUT2D eigenvalue weighted by atomic mass is 9.88. The number of nitrogens with zero attached hydrogens (tertiary/aromatic N) is 5. The smallest absolute Gasteiger partial charge is 0.306 e. The van der Waals surface area contributed by atoms with Crippen molar-refractivity contribution in [2.75, 3.05) is 13.2 Å². The van der Waals surface area contributed by atoms with E-state index in [-0.39, 0.29) is 42.4 Å². The van der Waals surface area contributed by atoms with Gasteiger partial charge in [-0.1, -0.05) is 37.3 Å². The van der Waals surface area contributed by atoms with E-state index in [0.717, 1.165) is 35.3 Å². The molecule has 0 N–H and O–H groups in total. The number of carbonyl (C=O) groups is 1. The van der Waals surface area contributed by atoms with Crippen LogP contribution >= 0.6 is 0 Å². The molecule has 2 atom stereocenters. The van der Waals surface area contributed by atoms with Crippen LogP contribution in [0.1, 0.15) is 74.8 Å². The number of hydrogen-bond donors (Lipinski definition) is 0. The molecule has 3 heterocycles. The molecule has 10 nitrogen and oxygen atoms in total. The molecule has 1 aromatic carbocycles. The van der Waals surface area contributed by atoms with E-state index in [9.17, 15) is 13.2 Å². The number of benzene rings is 1. The molecule has 2 aromatic heterocycles. The molecule has 0 bridgehead atoms. The molecule has 40 heavy (non-hydrogen) atoms. The predicted molar refractivity (Wildman–Crippen MR) is 150 cm³/mol. The first kappa shape index (κ1) is 29.7. The maximum atomic E-state index is 13.7. The number of sulfonamides is 1. The van der Waals surface area contributed by atoms with Crippen LogP contribution in [0.25, 0.3) is 0 Å². The summed E-state index contributed by atoms with van der Waals surface area (Å²) in [6.45, 7) is 9.39. The Morgan fingerprint density at radius 1 is 1.23 bits per heavy atom. The first-order chi connectivity index (χ1) is 19.2. The highest BCUT2D eigenvalue weighted by Gasteiger charge is 2.35. The number of ether oxygens (including phenoxy) is 2. The van der Waals surface area contributed by atoms with Crippen molar-refractivity contribution in [3.05, 3.63) is 65.2 Å². The number of aromatic nitrogens is 4. The molecule has 0 saturated carbocycles. The lowest BCUT2D eigenvalue weighted by Crippen LogP contribution is -2.36. The third kappa shape index (κ3) is 7.06. The van der Waals surface area contributed by atoms with Crippen molar-refractivity contribution in [1.82, 2.24) is 24.3 Å². The molecular weight excluding hydrogens is 530 g/mol. The van der Waals surface area contributed by atoms with Crippen LogP contribution in [-0.2, 0) is 39.1 Å². The fourth-order valence-electron chi connectivity index (χ4n) is 4.93. The van der Waals surface area contributed by atoms with Crippen molar-refractivity contribution in [3.63, 3.8) is 0 Å². The van der Waals surface area contributed by atoms with Crippen LogP contribution in [0.15, 0.2) is 47.8 Å². The average molecular weight is 570 g/mol. The fourth-order valence-corrected chi connectivity index (χ4v) is 6.44. The van der Waals surface area contributed by atoms with Gasteiger partial charge in [-0.05, 0) is 68.2 Å². The number of esters is 1. The Balaban J connectivity index is 1.61. The monoisotopic (exact) mass is 569 g/mol. The van der Waals surface area contributed by atoms with Gasteiger partial charge in [-0.25, -0.2) is 8.42 Å². The largest absolute Gasteiger partial charge is 0.488 e. The number of carbonyl (C=O) groups excluding carboxylic acids is 1. The van der Waals surface area contributed by atoms with Crippen LogP contribution < -0.4 is 4.74 Å². The van der Waals surface area contributed by atoms with Gasteiger partial charge in [0.15, 0.2) is 0 Å². The van der Waals surface area contributed by atoms with E-state index < -0.39 is 10.0 Å². The number of hydrogen-bond acceptors (Lipinski definition) is 8. The first-order valence-corrected chi connectivity index (χ1v) is 15.4. The van der Waals surface area contributed by atoms with Gasteiger partial charge >= 0.3 is 5.97 Å². The lowest BCUT2D eigenvalue weighted by Gasteiger charge is -2.24. The molecule has 1 aliphatic heterocycles. The van der Waals surface area contributed by atoms with Crippen molar-refractivity contribution in [2.24, 2.45) is 0 Å². The Kier molecular flexibility index (Phi) is 9.91. The van der Waals surface area contributed by atoms with Crippen LogP contribution in [0.3, 0.4) is 0 Å². The summed E-state index contributed by atoms with van der Waals surface area (Å²) in [5, 5.41) is 8.48. The summed E-state index contributed by atoms with van der Waals surface area (Å²) in [7, 11) is -3.83. The second-order valence-electron chi connectivity index (χ2n) is 10.2. The van der Waals surface area contributed by atoms with Gasteiger partial charge in [0.2, 0.25) is 10.0 Å². The van der Waals surface area contributed by atoms with Crippen molar-refractivity contribution < 1.29 is 22.7 Å². The minimum absolute atomic E-state index is 0.0797. The molecule has 0 aliphatic carbocycles. The van der Waals surface area contributed by atoms with Crippen molar-refractivity contribution >= 4 is 16.0 Å². The predicted octanol–water partition coefficient (Wildman–Crippen LogP) is 4.42. The van der Waals surface area contributed by atoms with Crippen LogP contribution in [0.4, 0.5) is 0 Å². The van der Waals surface area contributed by atoms with E-state index in [1.807, 2.05) is 42.9 Å². The minimum atomic E-state index is -3.83. The van der Waals surface area contributed by atoms with Gasteiger partial charge in [-0.3, -0.25) is 14.5 Å². The highest BCUT2D eigenvalue weighted by molar-refractivity contribution is 7.89. The third-order valence-electron chi connectivity index (χ3n) is 7.22. The molecule has 0 saturated heterocycles. The van der Waals surface area contributed by atoms with Gasteiger partial charge in [0.1, 0.15) is 16.7 Å². The molecule has 0 fully saturated rings. The highest BCUT2D eigenvalue weighted by Crippen LogP contribution is 2.33. The zero-order valence-electron chi connectivity index (χ0n) is 23.7. The summed E-state index contributed by atoms with van der Waals surface area (Å²) >= 11 is 0. The second kappa shape index (κ2) is 13.4. The van der Waals surface area contributed by atoms with Crippen LogP contribution in [0.2, 0.25) is 0 Å². The average Bonchev–Trinajstić information content (AvgIpc) is 3.35. The van der Waals surface area contributed by atoms with Gasteiger partial charge in [-0.15, -0.1) is 5.10 Å². The molecular formula is C29H39N5O5S. The van der Waals surface area contributed by atoms with E-state index in [1.54, 1.807) is 19.2 Å². The molecule has 3 aromatic rings. The van der Waals surface area contributed by atoms with E-state index in [2.05, 4.69) is 22.2 Å². The molecule has 0 amide bonds. The van der Waals surface area contributed by atoms with E-state index in [0.29, 0.717) is 31.6 Å². The molecule has 216 valence electrons. The normalized spacial score (nSPS) is 17.4. The summed E-state index contributed by atoms with van der Waals surface area (Å²) in [5.74, 6) is -0.0429. The summed E-state index contributed by atoms with van der Waals surface area (Å²) in [6.07, 6.45) is 7.78. The number of rotatable bonds is 12. The van der Waals surface area contributed by atoms with Gasteiger partial charge in [0, 0.05) is 25.5 Å². The zero-order chi connectivity index (χ0) is 28.7. The Morgan fingerprint density at radius 3 is 2.80 bits per heavy atom.